The maximum Gasteiger partial charge on any atom is 0.418 e. The van der Waals surface area contributed by atoms with Gasteiger partial charge in [-0.15, -0.1) is 11.6 Å². The molecule has 0 aliphatic rings. The summed E-state index contributed by atoms with van der Waals surface area (Å²) in [6, 6.07) is 5.43. The van der Waals surface area contributed by atoms with Crippen LogP contribution < -0.4 is 5.32 Å². The van der Waals surface area contributed by atoms with Gasteiger partial charge in [-0.25, -0.2) is 0 Å². The number of rotatable bonds is 4. The molecule has 1 rings (SSSR count). The number of anilines is 1. The van der Waals surface area contributed by atoms with Gasteiger partial charge in [0.15, 0.2) is 0 Å². The maximum atomic E-state index is 12.6. The van der Waals surface area contributed by atoms with Gasteiger partial charge in [-0.2, -0.15) is 13.2 Å². The Kier molecular flexibility index (Phi) is 4.47. The smallest absolute Gasteiger partial charge is 0.384 e. The number of benzene rings is 1. The van der Waals surface area contributed by atoms with Crippen LogP contribution >= 0.6 is 11.6 Å². The van der Waals surface area contributed by atoms with E-state index >= 15 is 0 Å². The highest BCUT2D eigenvalue weighted by Crippen LogP contribution is 2.34. The molecule has 1 unspecified atom stereocenters. The first-order chi connectivity index (χ1) is 7.45. The Morgan fingerprint density at radius 2 is 1.94 bits per heavy atom. The summed E-state index contributed by atoms with van der Waals surface area (Å²) in [5.41, 5.74) is -0.538. The van der Waals surface area contributed by atoms with Gasteiger partial charge < -0.3 is 5.32 Å². The van der Waals surface area contributed by atoms with E-state index in [0.29, 0.717) is 12.4 Å². The van der Waals surface area contributed by atoms with E-state index in [9.17, 15) is 13.2 Å². The van der Waals surface area contributed by atoms with Gasteiger partial charge in [0.25, 0.3) is 0 Å². The van der Waals surface area contributed by atoms with Crippen molar-refractivity contribution in [3.05, 3.63) is 29.8 Å². The molecule has 0 saturated carbocycles. The van der Waals surface area contributed by atoms with E-state index in [1.165, 1.54) is 12.1 Å². The zero-order valence-corrected chi connectivity index (χ0v) is 9.57. The molecule has 0 saturated heterocycles. The van der Waals surface area contributed by atoms with Crippen LogP contribution in [0.2, 0.25) is 0 Å². The van der Waals surface area contributed by atoms with Crippen molar-refractivity contribution in [1.82, 2.24) is 0 Å². The van der Waals surface area contributed by atoms with Crippen molar-refractivity contribution in [3.63, 3.8) is 0 Å². The fraction of sp³-hybridized carbons (Fsp3) is 0.455. The predicted molar refractivity (Wildman–Crippen MR) is 59.8 cm³/mol. The Balaban J connectivity index is 2.80. The number of nitrogens with one attached hydrogen (secondary N) is 1. The van der Waals surface area contributed by atoms with Gasteiger partial charge in [-0.3, -0.25) is 0 Å². The summed E-state index contributed by atoms with van der Waals surface area (Å²) in [5.74, 6) is 0.546. The average molecular weight is 252 g/mol. The molecular formula is C11H13ClF3N. The summed E-state index contributed by atoms with van der Waals surface area (Å²) < 4.78 is 37.8. The second-order valence-electron chi connectivity index (χ2n) is 3.68. The molecule has 0 radical (unpaired) electrons. The van der Waals surface area contributed by atoms with Gasteiger partial charge in [0, 0.05) is 18.1 Å². The number of hydrogen-bond donors (Lipinski definition) is 1. The third-order valence-corrected chi connectivity index (χ3v) is 2.66. The molecule has 5 heteroatoms. The van der Waals surface area contributed by atoms with Crippen LogP contribution in [0.1, 0.15) is 12.5 Å². The zero-order chi connectivity index (χ0) is 12.2. The molecule has 1 nitrogen and oxygen atoms in total. The largest absolute Gasteiger partial charge is 0.418 e. The van der Waals surface area contributed by atoms with Gasteiger partial charge in [-0.05, 0) is 18.1 Å². The minimum Gasteiger partial charge on any atom is -0.384 e. The zero-order valence-electron chi connectivity index (χ0n) is 8.81. The maximum absolute atomic E-state index is 12.6. The molecule has 16 heavy (non-hydrogen) atoms. The second-order valence-corrected chi connectivity index (χ2v) is 3.99. The van der Waals surface area contributed by atoms with E-state index in [0.717, 1.165) is 6.07 Å². The van der Waals surface area contributed by atoms with E-state index in [-0.39, 0.29) is 11.6 Å². The molecular weight excluding hydrogens is 239 g/mol. The lowest BCUT2D eigenvalue weighted by molar-refractivity contribution is -0.136. The van der Waals surface area contributed by atoms with Crippen LogP contribution in [0.5, 0.6) is 0 Å². The van der Waals surface area contributed by atoms with E-state index in [1.54, 1.807) is 6.07 Å². The van der Waals surface area contributed by atoms with Crippen molar-refractivity contribution >= 4 is 17.3 Å². The summed E-state index contributed by atoms with van der Waals surface area (Å²) in [4.78, 5) is 0. The second kappa shape index (κ2) is 5.43. The fourth-order valence-electron chi connectivity index (χ4n) is 1.22. The molecule has 0 amide bonds. The van der Waals surface area contributed by atoms with Crippen molar-refractivity contribution in [1.29, 1.82) is 0 Å². The van der Waals surface area contributed by atoms with Gasteiger partial charge in [0.1, 0.15) is 0 Å². The van der Waals surface area contributed by atoms with Gasteiger partial charge in [0.2, 0.25) is 0 Å². The monoisotopic (exact) mass is 251 g/mol. The fourth-order valence-corrected chi connectivity index (χ4v) is 1.33. The van der Waals surface area contributed by atoms with Crippen LogP contribution in [0, 0.1) is 5.92 Å². The summed E-state index contributed by atoms with van der Waals surface area (Å²) in [5, 5.41) is 2.77. The van der Waals surface area contributed by atoms with Crippen LogP contribution in [-0.2, 0) is 6.18 Å². The molecule has 1 N–H and O–H groups in total. The molecule has 1 atom stereocenters. The van der Waals surface area contributed by atoms with E-state index < -0.39 is 11.7 Å². The predicted octanol–water partition coefficient (Wildman–Crippen LogP) is 3.99. The Labute approximate surface area is 97.6 Å². The van der Waals surface area contributed by atoms with Crippen LogP contribution in [0.15, 0.2) is 24.3 Å². The molecule has 90 valence electrons. The first-order valence-corrected chi connectivity index (χ1v) is 5.44. The third-order valence-electron chi connectivity index (χ3n) is 2.14. The molecule has 0 aliphatic heterocycles. The topological polar surface area (TPSA) is 12.0 Å². The molecule has 0 spiro atoms. The molecule has 0 fully saturated rings. The lowest BCUT2D eigenvalue weighted by Crippen LogP contribution is -2.16. The van der Waals surface area contributed by atoms with E-state index in [4.69, 9.17) is 11.6 Å². The van der Waals surface area contributed by atoms with Crippen LogP contribution in [0.4, 0.5) is 18.9 Å². The number of alkyl halides is 4. The highest BCUT2D eigenvalue weighted by atomic mass is 35.5. The normalized spacial score (nSPS) is 13.6. The minimum absolute atomic E-state index is 0.104. The summed E-state index contributed by atoms with van der Waals surface area (Å²) in [7, 11) is 0. The first-order valence-electron chi connectivity index (χ1n) is 4.91. The van der Waals surface area contributed by atoms with E-state index in [2.05, 4.69) is 5.32 Å². The van der Waals surface area contributed by atoms with Crippen molar-refractivity contribution in [2.75, 3.05) is 17.7 Å². The van der Waals surface area contributed by atoms with E-state index in [1.807, 2.05) is 6.92 Å². The lowest BCUT2D eigenvalue weighted by atomic mass is 10.1. The molecule has 0 heterocycles. The van der Waals surface area contributed by atoms with Crippen molar-refractivity contribution < 1.29 is 13.2 Å². The quantitative estimate of drug-likeness (QED) is 0.798. The van der Waals surface area contributed by atoms with Crippen LogP contribution in [0.3, 0.4) is 0 Å². The van der Waals surface area contributed by atoms with Crippen LogP contribution in [0.25, 0.3) is 0 Å². The van der Waals surface area contributed by atoms with Gasteiger partial charge >= 0.3 is 6.18 Å². The lowest BCUT2D eigenvalue weighted by Gasteiger charge is -2.16. The highest BCUT2D eigenvalue weighted by molar-refractivity contribution is 6.18. The molecule has 0 aromatic heterocycles. The standard InChI is InChI=1S/C11H13ClF3N/c1-8(6-12)7-16-10-5-3-2-4-9(10)11(13,14)15/h2-5,8,16H,6-7H2,1H3. The summed E-state index contributed by atoms with van der Waals surface area (Å²) in [6.07, 6.45) is -4.33. The van der Waals surface area contributed by atoms with Crippen LogP contribution in [-0.4, -0.2) is 12.4 Å². The molecule has 0 aliphatic carbocycles. The Bertz CT molecular complexity index is 338. The van der Waals surface area contributed by atoms with Gasteiger partial charge in [0.05, 0.1) is 5.56 Å². The molecule has 0 bridgehead atoms. The molecule has 1 aromatic rings. The number of hydrogen-bond acceptors (Lipinski definition) is 1. The highest BCUT2D eigenvalue weighted by Gasteiger charge is 2.33. The third kappa shape index (κ3) is 3.59. The number of halogens is 4. The summed E-state index contributed by atoms with van der Waals surface area (Å²) >= 11 is 5.59. The Morgan fingerprint density at radius 1 is 1.31 bits per heavy atom. The SMILES string of the molecule is CC(CCl)CNc1ccccc1C(F)(F)F. The first kappa shape index (κ1) is 13.2. The Morgan fingerprint density at radius 3 is 2.50 bits per heavy atom. The Hall–Kier alpha value is -0.900. The van der Waals surface area contributed by atoms with Crippen molar-refractivity contribution in [2.45, 2.75) is 13.1 Å². The minimum atomic E-state index is -4.33. The van der Waals surface area contributed by atoms with Gasteiger partial charge in [-0.1, -0.05) is 19.1 Å². The summed E-state index contributed by atoms with van der Waals surface area (Å²) in [6.45, 7) is 2.30. The average Bonchev–Trinajstić information content (AvgIpc) is 2.25. The van der Waals surface area contributed by atoms with Crippen molar-refractivity contribution in [2.24, 2.45) is 5.92 Å². The van der Waals surface area contributed by atoms with Crippen molar-refractivity contribution in [3.8, 4) is 0 Å². The number of para-hydroxylation sites is 1. The molecule has 1 aromatic carbocycles.